The molecule has 1 aromatic carbocycles. The third-order valence-electron chi connectivity index (χ3n) is 6.33. The second-order valence-electron chi connectivity index (χ2n) is 9.05. The molecule has 2 aliphatic rings. The maximum absolute atomic E-state index is 12.8. The van der Waals surface area contributed by atoms with Crippen LogP contribution in [0, 0.1) is 6.92 Å². The fourth-order valence-electron chi connectivity index (χ4n) is 4.30. The lowest BCUT2D eigenvalue weighted by molar-refractivity contribution is -0.130. The topological polar surface area (TPSA) is 93.9 Å². The summed E-state index contributed by atoms with van der Waals surface area (Å²) in [7, 11) is -1.50. The Hall–Kier alpha value is -2.35. The van der Waals surface area contributed by atoms with Gasteiger partial charge in [-0.3, -0.25) is 4.79 Å². The van der Waals surface area contributed by atoms with Gasteiger partial charge in [0.15, 0.2) is 9.84 Å². The maximum Gasteiger partial charge on any atom is 0.340 e. The van der Waals surface area contributed by atoms with Gasteiger partial charge >= 0.3 is 5.63 Å². The highest BCUT2D eigenvalue weighted by Crippen LogP contribution is 2.36. The van der Waals surface area contributed by atoms with Crippen molar-refractivity contribution >= 4 is 26.7 Å². The molecule has 4 rings (SSSR count). The van der Waals surface area contributed by atoms with Crippen LogP contribution in [-0.2, 0) is 27.5 Å². The van der Waals surface area contributed by atoms with Crippen molar-refractivity contribution in [1.29, 1.82) is 0 Å². The van der Waals surface area contributed by atoms with Crippen LogP contribution < -0.4 is 10.4 Å². The van der Waals surface area contributed by atoms with Crippen LogP contribution in [0.25, 0.3) is 11.0 Å². The lowest BCUT2D eigenvalue weighted by Crippen LogP contribution is -2.39. The van der Waals surface area contributed by atoms with Crippen molar-refractivity contribution in [2.75, 3.05) is 18.6 Å². The molecule has 0 radical (unpaired) electrons. The van der Waals surface area contributed by atoms with Gasteiger partial charge in [-0.25, -0.2) is 13.2 Å². The molecule has 30 heavy (non-hydrogen) atoms. The number of likely N-dealkylation sites (N-methyl/N-ethyl adjacent to an activating group) is 1. The van der Waals surface area contributed by atoms with E-state index < -0.39 is 15.5 Å². The number of sulfone groups is 1. The van der Waals surface area contributed by atoms with E-state index >= 15 is 0 Å². The van der Waals surface area contributed by atoms with E-state index in [1.807, 2.05) is 26.8 Å². The Morgan fingerprint density at radius 2 is 2.03 bits per heavy atom. The molecule has 1 amide bonds. The first-order chi connectivity index (χ1) is 14.0. The highest BCUT2D eigenvalue weighted by atomic mass is 32.2. The zero-order chi connectivity index (χ0) is 21.8. The Morgan fingerprint density at radius 3 is 2.70 bits per heavy atom. The highest BCUT2D eigenvalue weighted by Gasteiger charge is 2.33. The molecule has 1 saturated heterocycles. The van der Waals surface area contributed by atoms with Gasteiger partial charge in [0.05, 0.1) is 23.5 Å². The van der Waals surface area contributed by atoms with E-state index in [9.17, 15) is 18.0 Å². The van der Waals surface area contributed by atoms with Gasteiger partial charge in [0.1, 0.15) is 16.9 Å². The minimum Gasteiger partial charge on any atom is -0.487 e. The Balaban J connectivity index is 1.65. The zero-order valence-corrected chi connectivity index (χ0v) is 18.6. The smallest absolute Gasteiger partial charge is 0.340 e. The van der Waals surface area contributed by atoms with Crippen LogP contribution in [0.5, 0.6) is 5.75 Å². The van der Waals surface area contributed by atoms with Gasteiger partial charge in [-0.15, -0.1) is 0 Å². The summed E-state index contributed by atoms with van der Waals surface area (Å²) in [5, 5.41) is 0.797. The number of carbonyl (C=O) groups is 1. The third kappa shape index (κ3) is 3.85. The number of hydrogen-bond acceptors (Lipinski definition) is 6. The summed E-state index contributed by atoms with van der Waals surface area (Å²) in [5.41, 5.74) is 1.73. The largest absolute Gasteiger partial charge is 0.487 e. The molecule has 8 heteroatoms. The summed E-state index contributed by atoms with van der Waals surface area (Å²) in [6.07, 6.45) is 2.07. The first-order valence-electron chi connectivity index (χ1n) is 10.2. The lowest BCUT2D eigenvalue weighted by atomic mass is 9.92. The van der Waals surface area contributed by atoms with Crippen LogP contribution in [0.15, 0.2) is 21.3 Å². The van der Waals surface area contributed by atoms with E-state index in [-0.39, 0.29) is 35.5 Å². The van der Waals surface area contributed by atoms with Crippen molar-refractivity contribution in [3.63, 3.8) is 0 Å². The average Bonchev–Trinajstić information content (AvgIpc) is 3.02. The van der Waals surface area contributed by atoms with Gasteiger partial charge in [-0.2, -0.15) is 0 Å². The van der Waals surface area contributed by atoms with Crippen LogP contribution in [0.3, 0.4) is 0 Å². The fourth-order valence-corrected chi connectivity index (χ4v) is 6.07. The van der Waals surface area contributed by atoms with E-state index in [0.717, 1.165) is 35.1 Å². The van der Waals surface area contributed by atoms with Gasteiger partial charge in [0.2, 0.25) is 5.91 Å². The van der Waals surface area contributed by atoms with Crippen molar-refractivity contribution in [2.24, 2.45) is 0 Å². The lowest BCUT2D eigenvalue weighted by Gasteiger charge is -2.32. The van der Waals surface area contributed by atoms with Gasteiger partial charge in [0, 0.05) is 24.5 Å². The molecule has 162 valence electrons. The van der Waals surface area contributed by atoms with E-state index in [4.69, 9.17) is 9.15 Å². The molecule has 1 fully saturated rings. The SMILES string of the molecule is Cc1c(CC(=O)N(C)[C@@H]2CCS(=O)(=O)C2)c(=O)oc2cc3c(cc12)CCC(C)(C)O3. The van der Waals surface area contributed by atoms with Crippen LogP contribution in [0.2, 0.25) is 0 Å². The number of fused-ring (bicyclic) bond motifs is 2. The molecule has 0 spiro atoms. The molecule has 1 atom stereocenters. The van der Waals surface area contributed by atoms with Gasteiger partial charge in [-0.1, -0.05) is 0 Å². The summed E-state index contributed by atoms with van der Waals surface area (Å²) in [4.78, 5) is 26.9. The Bertz CT molecular complexity index is 1190. The number of carbonyl (C=O) groups excluding carboxylic acids is 1. The molecule has 0 aliphatic carbocycles. The second-order valence-corrected chi connectivity index (χ2v) is 11.3. The minimum absolute atomic E-state index is 0.0248. The molecule has 7 nitrogen and oxygen atoms in total. The van der Waals surface area contributed by atoms with Crippen molar-refractivity contribution < 1.29 is 22.4 Å². The number of ether oxygens (including phenoxy) is 1. The van der Waals surface area contributed by atoms with Crippen LogP contribution in [0.1, 0.15) is 43.4 Å². The summed E-state index contributed by atoms with van der Waals surface area (Å²) < 4.78 is 35.0. The minimum atomic E-state index is -3.10. The number of nitrogens with zero attached hydrogens (tertiary/aromatic N) is 1. The summed E-state index contributed by atoms with van der Waals surface area (Å²) >= 11 is 0. The van der Waals surface area contributed by atoms with Crippen molar-refractivity contribution in [1.82, 2.24) is 4.90 Å². The Kier molecular flexibility index (Phi) is 4.96. The molecule has 0 N–H and O–H groups in total. The van der Waals surface area contributed by atoms with Crippen molar-refractivity contribution in [2.45, 2.75) is 58.1 Å². The molecular formula is C22H27NO6S. The van der Waals surface area contributed by atoms with E-state index in [2.05, 4.69) is 0 Å². The quantitative estimate of drug-likeness (QED) is 0.690. The molecule has 2 aliphatic heterocycles. The van der Waals surface area contributed by atoms with Crippen molar-refractivity contribution in [3.8, 4) is 5.75 Å². The summed E-state index contributed by atoms with van der Waals surface area (Å²) in [6.45, 7) is 5.88. The normalized spacial score (nSPS) is 21.8. The number of amides is 1. The molecule has 0 saturated carbocycles. The monoisotopic (exact) mass is 433 g/mol. The number of benzene rings is 1. The van der Waals surface area contributed by atoms with Gasteiger partial charge in [-0.05, 0) is 57.2 Å². The zero-order valence-electron chi connectivity index (χ0n) is 17.8. The standard InChI is InChI=1S/C22H27NO6S/c1-13-16-9-14-5-7-22(2,3)29-18(14)11-19(16)28-21(25)17(13)10-20(24)23(4)15-6-8-30(26,27)12-15/h9,11,15H,5-8,10,12H2,1-4H3/t15-/m1/s1. The molecule has 0 bridgehead atoms. The van der Waals surface area contributed by atoms with Crippen molar-refractivity contribution in [3.05, 3.63) is 39.2 Å². The predicted octanol–water partition coefficient (Wildman–Crippen LogP) is 2.39. The third-order valence-corrected chi connectivity index (χ3v) is 8.08. The van der Waals surface area contributed by atoms with E-state index in [0.29, 0.717) is 17.6 Å². The Labute approximate surface area is 175 Å². The van der Waals surface area contributed by atoms with Crippen LogP contribution >= 0.6 is 0 Å². The van der Waals surface area contributed by atoms with E-state index in [1.165, 1.54) is 4.90 Å². The molecular weight excluding hydrogens is 406 g/mol. The highest BCUT2D eigenvalue weighted by molar-refractivity contribution is 7.91. The number of aryl methyl sites for hydroxylation is 2. The first-order valence-corrected chi connectivity index (χ1v) is 12.0. The second kappa shape index (κ2) is 7.11. The number of rotatable bonds is 3. The van der Waals surface area contributed by atoms with Gasteiger partial charge in [0.25, 0.3) is 0 Å². The first kappa shape index (κ1) is 20.9. The average molecular weight is 434 g/mol. The van der Waals surface area contributed by atoms with Crippen LogP contribution in [0.4, 0.5) is 0 Å². The van der Waals surface area contributed by atoms with Crippen LogP contribution in [-0.4, -0.2) is 49.4 Å². The molecule has 2 aromatic rings. The van der Waals surface area contributed by atoms with Gasteiger partial charge < -0.3 is 14.1 Å². The molecule has 0 unspecified atom stereocenters. The summed E-state index contributed by atoms with van der Waals surface area (Å²) in [6, 6.07) is 3.41. The predicted molar refractivity (Wildman–Crippen MR) is 114 cm³/mol. The summed E-state index contributed by atoms with van der Waals surface area (Å²) in [5.74, 6) is 0.515. The Morgan fingerprint density at radius 1 is 1.30 bits per heavy atom. The molecule has 3 heterocycles. The number of hydrogen-bond donors (Lipinski definition) is 0. The fraction of sp³-hybridized carbons (Fsp3) is 0.545. The maximum atomic E-state index is 12.8. The molecule has 1 aromatic heterocycles. The van der Waals surface area contributed by atoms with E-state index in [1.54, 1.807) is 13.1 Å².